The number of nitrogens with one attached hydrogen (secondary N) is 1. The van der Waals surface area contributed by atoms with Gasteiger partial charge in [-0.3, -0.25) is 14.4 Å². The second kappa shape index (κ2) is 15.8. The van der Waals surface area contributed by atoms with Crippen LogP contribution in [0, 0.1) is 6.92 Å². The van der Waals surface area contributed by atoms with E-state index in [-0.39, 0.29) is 58.5 Å². The van der Waals surface area contributed by atoms with Crippen molar-refractivity contribution >= 4 is 46.6 Å². The van der Waals surface area contributed by atoms with Gasteiger partial charge in [0.05, 0.1) is 22.0 Å². The first kappa shape index (κ1) is 40.1. The van der Waals surface area contributed by atoms with Crippen LogP contribution < -0.4 is 15.6 Å². The summed E-state index contributed by atoms with van der Waals surface area (Å²) in [6.07, 6.45) is 0.165. The molecule has 0 bridgehead atoms. The molecule has 6 aromatic rings. The molecule has 1 saturated heterocycles. The highest BCUT2D eigenvalue weighted by Crippen LogP contribution is 2.50. The van der Waals surface area contributed by atoms with Gasteiger partial charge in [0.2, 0.25) is 11.7 Å². The van der Waals surface area contributed by atoms with E-state index in [0.717, 1.165) is 28.7 Å². The standard InChI is InChI=1S/C42H38ClF3N8O4S/c1-24-20-41(15-17-52(18-16-41)39(57)34-36(25(2)47-23-48-34)58-22-26-7-5-4-6-8-26)33-35(24)53(21-32(55)49-31-14-11-28(19-30(31)43)42(44,45)46)40-50-37(51-54(40)38(33)56)27-9-12-29(59-3)13-10-27/h4-14,19,23-24H,15-18,20-22H2,1-3H3,(H,49,55). The summed E-state index contributed by atoms with van der Waals surface area (Å²) in [5.74, 6) is -0.369. The van der Waals surface area contributed by atoms with Gasteiger partial charge in [-0.1, -0.05) is 61.0 Å². The molecule has 59 heavy (non-hydrogen) atoms. The largest absolute Gasteiger partial charge is 0.485 e. The zero-order valence-electron chi connectivity index (χ0n) is 32.2. The maximum atomic E-state index is 14.7. The van der Waals surface area contributed by atoms with Gasteiger partial charge in [-0.25, -0.2) is 9.97 Å². The monoisotopic (exact) mass is 842 g/mol. The third-order valence-electron chi connectivity index (χ3n) is 11.1. The Hall–Kier alpha value is -5.74. The molecule has 0 radical (unpaired) electrons. The van der Waals surface area contributed by atoms with Gasteiger partial charge in [0.1, 0.15) is 19.5 Å². The molecule has 1 N–H and O–H groups in total. The molecule has 3 aromatic carbocycles. The van der Waals surface area contributed by atoms with E-state index in [2.05, 4.69) is 20.4 Å². The number of rotatable bonds is 9. The predicted octanol–water partition coefficient (Wildman–Crippen LogP) is 7.95. The molecule has 1 spiro atoms. The van der Waals surface area contributed by atoms with E-state index >= 15 is 0 Å². The number of alkyl halides is 3. The number of fused-ring (bicyclic) bond motifs is 3. The molecule has 1 aliphatic heterocycles. The quantitative estimate of drug-likeness (QED) is 0.144. The number of anilines is 1. The van der Waals surface area contributed by atoms with Crippen molar-refractivity contribution < 1.29 is 27.5 Å². The van der Waals surface area contributed by atoms with E-state index in [1.165, 1.54) is 10.8 Å². The topological polar surface area (TPSA) is 137 Å². The Morgan fingerprint density at radius 2 is 1.76 bits per heavy atom. The highest BCUT2D eigenvalue weighted by molar-refractivity contribution is 7.98. The van der Waals surface area contributed by atoms with Crippen LogP contribution in [-0.2, 0) is 29.5 Å². The molecule has 1 fully saturated rings. The van der Waals surface area contributed by atoms with Crippen LogP contribution in [-0.4, -0.2) is 65.2 Å². The molecular weight excluding hydrogens is 805 g/mol. The fraction of sp³-hybridized carbons (Fsp3) is 0.310. The van der Waals surface area contributed by atoms with Crippen LogP contribution >= 0.6 is 23.4 Å². The summed E-state index contributed by atoms with van der Waals surface area (Å²) in [7, 11) is 0. The molecular formula is C42H38ClF3N8O4S. The zero-order valence-corrected chi connectivity index (χ0v) is 33.8. The number of aryl methyl sites for hydroxylation is 1. The summed E-state index contributed by atoms with van der Waals surface area (Å²) < 4.78 is 49.0. The Balaban J connectivity index is 1.13. The number of carbonyl (C=O) groups excluding carboxylic acids is 2. The number of piperidine rings is 1. The van der Waals surface area contributed by atoms with Crippen molar-refractivity contribution in [1.29, 1.82) is 0 Å². The van der Waals surface area contributed by atoms with Crippen LogP contribution in [0.1, 0.15) is 70.7 Å². The summed E-state index contributed by atoms with van der Waals surface area (Å²) in [6.45, 7) is 4.29. The molecule has 2 amide bonds. The number of nitrogens with zero attached hydrogens (tertiary/aromatic N) is 7. The Morgan fingerprint density at radius 1 is 1.03 bits per heavy atom. The molecule has 2 aliphatic rings. The maximum Gasteiger partial charge on any atom is 0.416 e. The van der Waals surface area contributed by atoms with Crippen LogP contribution in [0.5, 0.6) is 5.75 Å². The summed E-state index contributed by atoms with van der Waals surface area (Å²) in [4.78, 5) is 58.7. The molecule has 304 valence electrons. The number of thioether (sulfide) groups is 1. The SMILES string of the molecule is CSc1ccc(-c2nc3n(CC(=O)Nc4ccc(C(F)(F)F)cc4Cl)c4c(c(=O)n3n2)C2(CCN(C(=O)c3ncnc(C)c3OCc3ccccc3)CC2)CC4C)cc1. The average molecular weight is 843 g/mol. The third-order valence-corrected chi connectivity index (χ3v) is 12.2. The molecule has 1 aliphatic carbocycles. The number of ether oxygens (including phenoxy) is 1. The van der Waals surface area contributed by atoms with E-state index in [9.17, 15) is 27.6 Å². The van der Waals surface area contributed by atoms with Gasteiger partial charge in [-0.2, -0.15) is 22.7 Å². The first-order valence-corrected chi connectivity index (χ1v) is 20.5. The predicted molar refractivity (Wildman–Crippen MR) is 217 cm³/mol. The smallest absolute Gasteiger partial charge is 0.416 e. The Bertz CT molecular complexity index is 2650. The van der Waals surface area contributed by atoms with Crippen LogP contribution in [0.15, 0.2) is 88.8 Å². The molecule has 4 heterocycles. The van der Waals surface area contributed by atoms with E-state index < -0.39 is 23.1 Å². The number of amides is 2. The van der Waals surface area contributed by atoms with Crippen molar-refractivity contribution in [2.24, 2.45) is 0 Å². The van der Waals surface area contributed by atoms with E-state index in [1.807, 2.05) is 67.8 Å². The van der Waals surface area contributed by atoms with E-state index in [0.29, 0.717) is 60.6 Å². The Morgan fingerprint density at radius 3 is 2.44 bits per heavy atom. The van der Waals surface area contributed by atoms with Crippen molar-refractivity contribution in [2.45, 2.75) is 68.7 Å². The summed E-state index contributed by atoms with van der Waals surface area (Å²) >= 11 is 7.78. The molecule has 3 aromatic heterocycles. The first-order valence-electron chi connectivity index (χ1n) is 18.9. The van der Waals surface area contributed by atoms with Crippen molar-refractivity contribution in [3.63, 3.8) is 0 Å². The van der Waals surface area contributed by atoms with Crippen LogP contribution in [0.3, 0.4) is 0 Å². The fourth-order valence-electron chi connectivity index (χ4n) is 8.27. The van der Waals surface area contributed by atoms with E-state index in [4.69, 9.17) is 21.3 Å². The van der Waals surface area contributed by atoms with Crippen molar-refractivity contribution in [2.75, 3.05) is 24.7 Å². The number of halogens is 4. The third kappa shape index (κ3) is 7.66. The van der Waals surface area contributed by atoms with Gasteiger partial charge in [0.15, 0.2) is 17.3 Å². The lowest BCUT2D eigenvalue weighted by atomic mass is 9.73. The minimum absolute atomic E-state index is 0.00322. The number of carbonyl (C=O) groups is 2. The highest BCUT2D eigenvalue weighted by atomic mass is 35.5. The lowest BCUT2D eigenvalue weighted by Gasteiger charge is -2.39. The van der Waals surface area contributed by atoms with Gasteiger partial charge < -0.3 is 19.5 Å². The van der Waals surface area contributed by atoms with Crippen LogP contribution in [0.2, 0.25) is 5.02 Å². The number of benzene rings is 3. The van der Waals surface area contributed by atoms with Gasteiger partial charge in [-0.05, 0) is 74.3 Å². The second-order valence-corrected chi connectivity index (χ2v) is 16.1. The fourth-order valence-corrected chi connectivity index (χ4v) is 8.91. The zero-order chi connectivity index (χ0) is 41.6. The van der Waals surface area contributed by atoms with E-state index in [1.54, 1.807) is 28.2 Å². The van der Waals surface area contributed by atoms with Crippen molar-refractivity contribution in [3.8, 4) is 17.1 Å². The number of aromatic nitrogens is 6. The molecule has 1 atom stereocenters. The Labute approximate surface area is 345 Å². The van der Waals surface area contributed by atoms with Gasteiger partial charge in [0.25, 0.3) is 11.5 Å². The van der Waals surface area contributed by atoms with Crippen LogP contribution in [0.4, 0.5) is 18.9 Å². The molecule has 17 heteroatoms. The minimum atomic E-state index is -4.61. The Kier molecular flexibility index (Phi) is 10.7. The minimum Gasteiger partial charge on any atom is -0.485 e. The maximum absolute atomic E-state index is 14.7. The second-order valence-electron chi connectivity index (χ2n) is 14.9. The summed E-state index contributed by atoms with van der Waals surface area (Å²) in [5, 5.41) is 7.04. The number of hydrogen-bond donors (Lipinski definition) is 1. The molecule has 0 saturated carbocycles. The molecule has 1 unspecified atom stereocenters. The lowest BCUT2D eigenvalue weighted by Crippen LogP contribution is -2.47. The first-order chi connectivity index (χ1) is 28.3. The van der Waals surface area contributed by atoms with Crippen molar-refractivity contribution in [1.82, 2.24) is 34.0 Å². The average Bonchev–Trinajstić information content (AvgIpc) is 3.79. The van der Waals surface area contributed by atoms with Crippen LogP contribution in [0.25, 0.3) is 17.2 Å². The molecule has 8 rings (SSSR count). The summed E-state index contributed by atoms with van der Waals surface area (Å²) in [6, 6.07) is 19.9. The number of hydrogen-bond acceptors (Lipinski definition) is 9. The molecule has 12 nitrogen and oxygen atoms in total. The van der Waals surface area contributed by atoms with Gasteiger partial charge in [-0.15, -0.1) is 16.9 Å². The normalized spacial score (nSPS) is 16.1. The van der Waals surface area contributed by atoms with Crippen molar-refractivity contribution in [3.05, 3.63) is 128 Å². The lowest BCUT2D eigenvalue weighted by molar-refractivity contribution is -0.137. The van der Waals surface area contributed by atoms with Gasteiger partial charge >= 0.3 is 6.18 Å². The summed E-state index contributed by atoms with van der Waals surface area (Å²) in [5.41, 5.74) is 1.45. The number of likely N-dealkylation sites (tertiary alicyclic amines) is 1. The van der Waals surface area contributed by atoms with Gasteiger partial charge in [0, 0.05) is 40.2 Å². The highest BCUT2D eigenvalue weighted by Gasteiger charge is 2.49.